The number of phenolic OH excluding ortho intramolecular Hbond substituents is 1. The minimum absolute atomic E-state index is 0.00296. The molecule has 0 aliphatic heterocycles. The highest BCUT2D eigenvalue weighted by Crippen LogP contribution is 2.33. The zero-order chi connectivity index (χ0) is 13.8. The molecule has 1 saturated carbocycles. The van der Waals surface area contributed by atoms with Crippen LogP contribution in [0, 0.1) is 0 Å². The van der Waals surface area contributed by atoms with Gasteiger partial charge in [0.1, 0.15) is 5.75 Å². The first-order chi connectivity index (χ1) is 9.09. The molecule has 3 N–H and O–H groups in total. The van der Waals surface area contributed by atoms with Crippen molar-refractivity contribution in [3.05, 3.63) is 29.8 Å². The van der Waals surface area contributed by atoms with E-state index in [1.54, 1.807) is 12.1 Å². The molecule has 4 heteroatoms. The Kier molecular flexibility index (Phi) is 4.43. The molecule has 0 aromatic heterocycles. The Hall–Kier alpha value is -1.55. The Labute approximate surface area is 114 Å². The van der Waals surface area contributed by atoms with Crippen LogP contribution in [0.1, 0.15) is 44.2 Å². The van der Waals surface area contributed by atoms with Gasteiger partial charge in [-0.15, -0.1) is 0 Å². The molecule has 0 bridgehead atoms. The minimum atomic E-state index is -0.311. The van der Waals surface area contributed by atoms with Crippen LogP contribution in [0.15, 0.2) is 24.3 Å². The normalized spacial score (nSPS) is 17.8. The SMILES string of the molecule is CC(c1ccccc1O)N(CC(N)=O)C1CCCC1. The molecule has 1 fully saturated rings. The molecule has 0 radical (unpaired) electrons. The number of phenols is 1. The van der Waals surface area contributed by atoms with Crippen LogP contribution in [0.5, 0.6) is 5.75 Å². The van der Waals surface area contributed by atoms with Gasteiger partial charge in [-0.2, -0.15) is 0 Å². The summed E-state index contributed by atoms with van der Waals surface area (Å²) in [6.07, 6.45) is 4.61. The van der Waals surface area contributed by atoms with Crippen molar-refractivity contribution in [2.45, 2.75) is 44.7 Å². The van der Waals surface area contributed by atoms with Gasteiger partial charge in [0.25, 0.3) is 0 Å². The number of rotatable bonds is 5. The highest BCUT2D eigenvalue weighted by atomic mass is 16.3. The third kappa shape index (κ3) is 3.26. The van der Waals surface area contributed by atoms with E-state index in [9.17, 15) is 9.90 Å². The van der Waals surface area contributed by atoms with Gasteiger partial charge in [-0.3, -0.25) is 9.69 Å². The van der Waals surface area contributed by atoms with Gasteiger partial charge in [0.05, 0.1) is 6.54 Å². The van der Waals surface area contributed by atoms with Crippen molar-refractivity contribution in [2.75, 3.05) is 6.54 Å². The van der Waals surface area contributed by atoms with Gasteiger partial charge >= 0.3 is 0 Å². The molecule has 0 saturated heterocycles. The Balaban J connectivity index is 2.21. The van der Waals surface area contributed by atoms with Crippen LogP contribution in [0.25, 0.3) is 0 Å². The summed E-state index contributed by atoms with van der Waals surface area (Å²) in [5.41, 5.74) is 6.23. The molecular formula is C15H22N2O2. The van der Waals surface area contributed by atoms with Gasteiger partial charge in [0, 0.05) is 17.6 Å². The van der Waals surface area contributed by atoms with Gasteiger partial charge in [-0.25, -0.2) is 0 Å². The Morgan fingerprint density at radius 3 is 2.63 bits per heavy atom. The largest absolute Gasteiger partial charge is 0.508 e. The lowest BCUT2D eigenvalue weighted by molar-refractivity contribution is -0.120. The summed E-state index contributed by atoms with van der Waals surface area (Å²) in [6, 6.07) is 7.69. The summed E-state index contributed by atoms with van der Waals surface area (Å²) in [5, 5.41) is 9.96. The molecule has 1 aromatic rings. The van der Waals surface area contributed by atoms with E-state index in [1.807, 2.05) is 19.1 Å². The lowest BCUT2D eigenvalue weighted by Gasteiger charge is -2.34. The van der Waals surface area contributed by atoms with Gasteiger partial charge in [0.15, 0.2) is 0 Å². The van der Waals surface area contributed by atoms with Crippen LogP contribution in [0.4, 0.5) is 0 Å². The van der Waals surface area contributed by atoms with Gasteiger partial charge < -0.3 is 10.8 Å². The first-order valence-corrected chi connectivity index (χ1v) is 6.91. The van der Waals surface area contributed by atoms with Crippen LogP contribution >= 0.6 is 0 Å². The van der Waals surface area contributed by atoms with Crippen molar-refractivity contribution < 1.29 is 9.90 Å². The van der Waals surface area contributed by atoms with E-state index < -0.39 is 0 Å². The monoisotopic (exact) mass is 262 g/mol. The molecular weight excluding hydrogens is 240 g/mol. The third-order valence-electron chi connectivity index (χ3n) is 4.02. The zero-order valence-electron chi connectivity index (χ0n) is 11.4. The summed E-state index contributed by atoms with van der Waals surface area (Å²) in [6.45, 7) is 2.27. The second kappa shape index (κ2) is 6.06. The Morgan fingerprint density at radius 1 is 1.42 bits per heavy atom. The van der Waals surface area contributed by atoms with Crippen LogP contribution in [0.2, 0.25) is 0 Å². The van der Waals surface area contributed by atoms with Crippen LogP contribution in [-0.2, 0) is 4.79 Å². The number of hydrogen-bond donors (Lipinski definition) is 2. The molecule has 1 aliphatic rings. The minimum Gasteiger partial charge on any atom is -0.508 e. The summed E-state index contributed by atoms with van der Waals surface area (Å²) in [5.74, 6) is -0.0309. The molecule has 0 heterocycles. The predicted molar refractivity (Wildman–Crippen MR) is 74.7 cm³/mol. The highest BCUT2D eigenvalue weighted by molar-refractivity contribution is 5.76. The number of nitrogens with two attached hydrogens (primary N) is 1. The standard InChI is InChI=1S/C15H22N2O2/c1-11(13-8-4-5-9-14(13)18)17(10-15(16)19)12-6-2-3-7-12/h4-5,8-9,11-12,18H,2-3,6-7,10H2,1H3,(H2,16,19). The number of benzene rings is 1. The lowest BCUT2D eigenvalue weighted by Crippen LogP contribution is -2.41. The number of carbonyl (C=O) groups excluding carboxylic acids is 1. The number of aromatic hydroxyl groups is 1. The molecule has 2 rings (SSSR count). The Bertz CT molecular complexity index is 442. The maximum Gasteiger partial charge on any atom is 0.231 e. The van der Waals surface area contributed by atoms with E-state index in [2.05, 4.69) is 4.90 Å². The maximum atomic E-state index is 11.3. The molecule has 4 nitrogen and oxygen atoms in total. The van der Waals surface area contributed by atoms with E-state index >= 15 is 0 Å². The number of carbonyl (C=O) groups is 1. The smallest absolute Gasteiger partial charge is 0.231 e. The summed E-state index contributed by atoms with van der Waals surface area (Å²) in [4.78, 5) is 13.4. The van der Waals surface area contributed by atoms with Crippen LogP contribution in [0.3, 0.4) is 0 Å². The lowest BCUT2D eigenvalue weighted by atomic mass is 10.0. The molecule has 104 valence electrons. The van der Waals surface area contributed by atoms with Crippen LogP contribution in [-0.4, -0.2) is 28.5 Å². The van der Waals surface area contributed by atoms with Crippen molar-refractivity contribution in [3.8, 4) is 5.75 Å². The van der Waals surface area contributed by atoms with Gasteiger partial charge in [-0.05, 0) is 25.8 Å². The van der Waals surface area contributed by atoms with E-state index in [1.165, 1.54) is 12.8 Å². The summed E-state index contributed by atoms with van der Waals surface area (Å²) < 4.78 is 0. The molecule has 0 spiro atoms. The average Bonchev–Trinajstić information content (AvgIpc) is 2.89. The topological polar surface area (TPSA) is 66.6 Å². The fourth-order valence-corrected chi connectivity index (χ4v) is 3.02. The molecule has 1 unspecified atom stereocenters. The molecule has 1 aromatic carbocycles. The van der Waals surface area contributed by atoms with Crippen LogP contribution < -0.4 is 5.73 Å². The number of hydrogen-bond acceptors (Lipinski definition) is 3. The second-order valence-corrected chi connectivity index (χ2v) is 5.31. The van der Waals surface area contributed by atoms with Crippen molar-refractivity contribution >= 4 is 5.91 Å². The summed E-state index contributed by atoms with van der Waals surface area (Å²) in [7, 11) is 0. The van der Waals surface area contributed by atoms with Crippen molar-refractivity contribution in [1.82, 2.24) is 4.90 Å². The third-order valence-corrected chi connectivity index (χ3v) is 4.02. The molecule has 1 atom stereocenters. The highest BCUT2D eigenvalue weighted by Gasteiger charge is 2.29. The van der Waals surface area contributed by atoms with Crippen molar-refractivity contribution in [2.24, 2.45) is 5.73 Å². The second-order valence-electron chi connectivity index (χ2n) is 5.31. The average molecular weight is 262 g/mol. The molecule has 1 amide bonds. The van der Waals surface area contributed by atoms with E-state index in [0.717, 1.165) is 18.4 Å². The first kappa shape index (κ1) is 13.9. The number of amides is 1. The zero-order valence-corrected chi connectivity index (χ0v) is 11.4. The van der Waals surface area contributed by atoms with Crippen molar-refractivity contribution in [3.63, 3.8) is 0 Å². The van der Waals surface area contributed by atoms with Gasteiger partial charge in [0.2, 0.25) is 5.91 Å². The predicted octanol–water partition coefficient (Wildman–Crippen LogP) is 2.18. The summed E-state index contributed by atoms with van der Waals surface area (Å²) >= 11 is 0. The number of primary amides is 1. The quantitative estimate of drug-likeness (QED) is 0.854. The Morgan fingerprint density at radius 2 is 2.05 bits per heavy atom. The fourth-order valence-electron chi connectivity index (χ4n) is 3.02. The fraction of sp³-hybridized carbons (Fsp3) is 0.533. The van der Waals surface area contributed by atoms with E-state index in [-0.39, 0.29) is 24.2 Å². The van der Waals surface area contributed by atoms with E-state index in [4.69, 9.17) is 5.73 Å². The number of para-hydroxylation sites is 1. The number of nitrogens with zero attached hydrogens (tertiary/aromatic N) is 1. The first-order valence-electron chi connectivity index (χ1n) is 6.91. The molecule has 19 heavy (non-hydrogen) atoms. The van der Waals surface area contributed by atoms with E-state index in [0.29, 0.717) is 6.04 Å². The van der Waals surface area contributed by atoms with Gasteiger partial charge in [-0.1, -0.05) is 31.0 Å². The maximum absolute atomic E-state index is 11.3. The molecule has 1 aliphatic carbocycles. The van der Waals surface area contributed by atoms with Crippen molar-refractivity contribution in [1.29, 1.82) is 0 Å².